The largest absolute Gasteiger partial charge is 0.309 e. The highest BCUT2D eigenvalue weighted by Gasteiger charge is 2.18. The third-order valence-electron chi connectivity index (χ3n) is 5.34. The first-order chi connectivity index (χ1) is 15.9. The Balaban J connectivity index is 1.58. The highest BCUT2D eigenvalue weighted by molar-refractivity contribution is 6.00. The van der Waals surface area contributed by atoms with Crippen molar-refractivity contribution in [2.24, 2.45) is 0 Å². The number of nitrogens with one attached hydrogen (secondary N) is 1. The number of halogens is 1. The Bertz CT molecular complexity index is 1420. The van der Waals surface area contributed by atoms with Crippen LogP contribution in [0.2, 0.25) is 0 Å². The molecule has 0 aliphatic carbocycles. The molecule has 2 aromatic carbocycles. The molecule has 0 spiro atoms. The second-order valence-corrected chi connectivity index (χ2v) is 7.68. The SMILES string of the molecule is Cc1cc(-n2ncc(C#N)c2NC(=O)CCC(=O)c2ccc(F)cc2)nc2c(C)cccc12. The smallest absolute Gasteiger partial charge is 0.226 e. The number of aromatic nitrogens is 3. The number of rotatable bonds is 6. The minimum atomic E-state index is -0.447. The first kappa shape index (κ1) is 21.8. The van der Waals surface area contributed by atoms with E-state index in [0.717, 1.165) is 22.0 Å². The lowest BCUT2D eigenvalue weighted by Crippen LogP contribution is -2.17. The van der Waals surface area contributed by atoms with Crippen LogP contribution in [0.4, 0.5) is 10.2 Å². The molecular weight excluding hydrogens is 421 g/mol. The molecule has 4 aromatic rings. The van der Waals surface area contributed by atoms with Gasteiger partial charge in [0.05, 0.1) is 11.7 Å². The summed E-state index contributed by atoms with van der Waals surface area (Å²) in [5.74, 6) is -0.502. The topological polar surface area (TPSA) is 101 Å². The maximum atomic E-state index is 13.0. The van der Waals surface area contributed by atoms with E-state index in [0.29, 0.717) is 11.4 Å². The molecule has 1 amide bonds. The summed E-state index contributed by atoms with van der Waals surface area (Å²) < 4.78 is 14.5. The Hall–Kier alpha value is -4.38. The van der Waals surface area contributed by atoms with E-state index in [1.54, 1.807) is 0 Å². The summed E-state index contributed by atoms with van der Waals surface area (Å²) in [6.07, 6.45) is 1.20. The van der Waals surface area contributed by atoms with Gasteiger partial charge in [-0.15, -0.1) is 0 Å². The molecular formula is C25H20FN5O2. The van der Waals surface area contributed by atoms with Crippen LogP contribution in [0, 0.1) is 31.0 Å². The Morgan fingerprint density at radius 1 is 1.09 bits per heavy atom. The average molecular weight is 441 g/mol. The van der Waals surface area contributed by atoms with Crippen molar-refractivity contribution in [2.45, 2.75) is 26.7 Å². The first-order valence-corrected chi connectivity index (χ1v) is 10.3. The minimum absolute atomic E-state index is 0.0555. The molecule has 0 radical (unpaired) electrons. The maximum absolute atomic E-state index is 13.0. The number of amides is 1. The lowest BCUT2D eigenvalue weighted by Gasteiger charge is -2.12. The zero-order valence-electron chi connectivity index (χ0n) is 18.1. The summed E-state index contributed by atoms with van der Waals surface area (Å²) >= 11 is 0. The van der Waals surface area contributed by atoms with Gasteiger partial charge in [-0.2, -0.15) is 15.0 Å². The molecule has 0 atom stereocenters. The van der Waals surface area contributed by atoms with Crippen molar-refractivity contribution >= 4 is 28.4 Å². The second kappa shape index (κ2) is 9.01. The molecule has 0 saturated heterocycles. The van der Waals surface area contributed by atoms with Crippen molar-refractivity contribution in [3.63, 3.8) is 0 Å². The van der Waals surface area contributed by atoms with E-state index in [-0.39, 0.29) is 30.0 Å². The number of ketones is 1. The number of hydrogen-bond donors (Lipinski definition) is 1. The number of Topliss-reactive ketones (excluding diaryl/α,β-unsaturated/α-hetero) is 1. The predicted molar refractivity (Wildman–Crippen MR) is 122 cm³/mol. The van der Waals surface area contributed by atoms with Crippen LogP contribution < -0.4 is 5.32 Å². The summed E-state index contributed by atoms with van der Waals surface area (Å²) in [6, 6.07) is 14.9. The maximum Gasteiger partial charge on any atom is 0.226 e. The summed E-state index contributed by atoms with van der Waals surface area (Å²) in [6.45, 7) is 3.92. The lowest BCUT2D eigenvalue weighted by atomic mass is 10.1. The van der Waals surface area contributed by atoms with Gasteiger partial charge in [0, 0.05) is 23.8 Å². The van der Waals surface area contributed by atoms with Gasteiger partial charge in [-0.05, 0) is 55.3 Å². The number of pyridine rings is 1. The van der Waals surface area contributed by atoms with E-state index in [4.69, 9.17) is 4.98 Å². The Morgan fingerprint density at radius 3 is 2.58 bits per heavy atom. The van der Waals surface area contributed by atoms with Gasteiger partial charge in [0.2, 0.25) is 5.91 Å². The molecule has 0 saturated carbocycles. The van der Waals surface area contributed by atoms with E-state index >= 15 is 0 Å². The Labute approximate surface area is 189 Å². The van der Waals surface area contributed by atoms with Crippen LogP contribution in [0.3, 0.4) is 0 Å². The summed E-state index contributed by atoms with van der Waals surface area (Å²) in [7, 11) is 0. The van der Waals surface area contributed by atoms with Gasteiger partial charge in [0.25, 0.3) is 0 Å². The minimum Gasteiger partial charge on any atom is -0.309 e. The number of hydrogen-bond acceptors (Lipinski definition) is 5. The number of carbonyl (C=O) groups excluding carboxylic acids is 2. The van der Waals surface area contributed by atoms with Gasteiger partial charge in [0.1, 0.15) is 17.4 Å². The molecule has 4 rings (SSSR count). The first-order valence-electron chi connectivity index (χ1n) is 10.3. The van der Waals surface area contributed by atoms with E-state index in [9.17, 15) is 19.2 Å². The van der Waals surface area contributed by atoms with Gasteiger partial charge in [-0.3, -0.25) is 9.59 Å². The van der Waals surface area contributed by atoms with Crippen LogP contribution in [0.5, 0.6) is 0 Å². The molecule has 0 aliphatic heterocycles. The molecule has 164 valence electrons. The van der Waals surface area contributed by atoms with Crippen LogP contribution in [-0.2, 0) is 4.79 Å². The van der Waals surface area contributed by atoms with E-state index in [2.05, 4.69) is 10.4 Å². The molecule has 2 aromatic heterocycles. The van der Waals surface area contributed by atoms with Gasteiger partial charge >= 0.3 is 0 Å². The molecule has 2 heterocycles. The van der Waals surface area contributed by atoms with Crippen molar-refractivity contribution in [1.29, 1.82) is 5.26 Å². The molecule has 7 nitrogen and oxygen atoms in total. The lowest BCUT2D eigenvalue weighted by molar-refractivity contribution is -0.116. The predicted octanol–water partition coefficient (Wildman–Crippen LogP) is 4.65. The van der Waals surface area contributed by atoms with Crippen molar-refractivity contribution in [3.8, 4) is 11.9 Å². The second-order valence-electron chi connectivity index (χ2n) is 7.68. The van der Waals surface area contributed by atoms with E-state index in [1.165, 1.54) is 35.1 Å². The summed E-state index contributed by atoms with van der Waals surface area (Å²) in [5, 5.41) is 17.4. The highest BCUT2D eigenvalue weighted by Crippen LogP contribution is 2.25. The molecule has 0 aliphatic rings. The number of benzene rings is 2. The number of fused-ring (bicyclic) bond motifs is 1. The van der Waals surface area contributed by atoms with Crippen LogP contribution in [0.15, 0.2) is 54.7 Å². The molecule has 1 N–H and O–H groups in total. The number of aryl methyl sites for hydroxylation is 2. The highest BCUT2D eigenvalue weighted by atomic mass is 19.1. The fourth-order valence-electron chi connectivity index (χ4n) is 3.58. The zero-order valence-corrected chi connectivity index (χ0v) is 18.1. The number of nitrogens with zero attached hydrogens (tertiary/aromatic N) is 4. The zero-order chi connectivity index (χ0) is 23.5. The number of nitriles is 1. The van der Waals surface area contributed by atoms with Gasteiger partial charge in [0.15, 0.2) is 17.4 Å². The van der Waals surface area contributed by atoms with Crippen LogP contribution >= 0.6 is 0 Å². The van der Waals surface area contributed by atoms with Gasteiger partial charge in [-0.25, -0.2) is 9.37 Å². The van der Waals surface area contributed by atoms with E-state index in [1.807, 2.05) is 44.2 Å². The fraction of sp³-hybridized carbons (Fsp3) is 0.160. The molecule has 0 bridgehead atoms. The van der Waals surface area contributed by atoms with Crippen molar-refractivity contribution in [2.75, 3.05) is 5.32 Å². The van der Waals surface area contributed by atoms with Crippen molar-refractivity contribution in [1.82, 2.24) is 14.8 Å². The molecule has 0 fully saturated rings. The summed E-state index contributed by atoms with van der Waals surface area (Å²) in [4.78, 5) is 29.6. The Morgan fingerprint density at radius 2 is 1.85 bits per heavy atom. The average Bonchev–Trinajstić information content (AvgIpc) is 3.21. The normalized spacial score (nSPS) is 10.7. The molecule has 0 unspecified atom stereocenters. The molecule has 8 heteroatoms. The van der Waals surface area contributed by atoms with Crippen LogP contribution in [-0.4, -0.2) is 26.5 Å². The Kier molecular flexibility index (Phi) is 5.96. The van der Waals surface area contributed by atoms with Crippen molar-refractivity contribution in [3.05, 3.63) is 82.8 Å². The third-order valence-corrected chi connectivity index (χ3v) is 5.34. The molecule has 33 heavy (non-hydrogen) atoms. The number of anilines is 1. The van der Waals surface area contributed by atoms with E-state index < -0.39 is 11.7 Å². The van der Waals surface area contributed by atoms with Gasteiger partial charge in [-0.1, -0.05) is 18.2 Å². The number of carbonyl (C=O) groups is 2. The quantitative estimate of drug-likeness (QED) is 0.439. The summed E-state index contributed by atoms with van der Waals surface area (Å²) in [5.41, 5.74) is 3.30. The van der Waals surface area contributed by atoms with Crippen molar-refractivity contribution < 1.29 is 14.0 Å². The van der Waals surface area contributed by atoms with Crippen LogP contribution in [0.1, 0.15) is 39.9 Å². The fourth-order valence-corrected chi connectivity index (χ4v) is 3.58. The standard InChI is InChI=1S/C25H20FN5O2/c1-15-4-3-5-20-16(2)12-22(29-24(15)20)31-25(18(13-27)14-28-31)30-23(33)11-10-21(32)17-6-8-19(26)9-7-17/h3-9,12,14H,10-11H2,1-2H3,(H,30,33). The number of para-hydroxylation sites is 1. The van der Waals surface area contributed by atoms with Gasteiger partial charge < -0.3 is 5.32 Å². The van der Waals surface area contributed by atoms with Crippen LogP contribution in [0.25, 0.3) is 16.7 Å². The third kappa shape index (κ3) is 4.48. The monoisotopic (exact) mass is 441 g/mol.